The van der Waals surface area contributed by atoms with Crippen molar-refractivity contribution in [2.75, 3.05) is 23.8 Å². The van der Waals surface area contributed by atoms with E-state index < -0.39 is 17.2 Å². The van der Waals surface area contributed by atoms with Crippen molar-refractivity contribution in [3.05, 3.63) is 54.9 Å². The molecule has 0 bridgehead atoms. The molecule has 9 nitrogen and oxygen atoms in total. The zero-order valence-corrected chi connectivity index (χ0v) is 19.9. The summed E-state index contributed by atoms with van der Waals surface area (Å²) >= 11 is 0. The minimum atomic E-state index is -0.968. The van der Waals surface area contributed by atoms with Crippen molar-refractivity contribution >= 4 is 23.7 Å². The highest BCUT2D eigenvalue weighted by molar-refractivity contribution is 5.66. The van der Waals surface area contributed by atoms with E-state index in [2.05, 4.69) is 25.3 Å². The van der Waals surface area contributed by atoms with Gasteiger partial charge in [0.1, 0.15) is 11.6 Å². The van der Waals surface area contributed by atoms with Gasteiger partial charge in [-0.3, -0.25) is 0 Å². The molecular formula is C24H31N7O2. The van der Waals surface area contributed by atoms with Gasteiger partial charge in [0.05, 0.1) is 5.54 Å². The third-order valence-corrected chi connectivity index (χ3v) is 5.05. The van der Waals surface area contributed by atoms with Gasteiger partial charge in [0.15, 0.2) is 5.82 Å². The Morgan fingerprint density at radius 2 is 1.55 bits per heavy atom. The Hall–Kier alpha value is -3.75. The number of amides is 1. The highest BCUT2D eigenvalue weighted by Crippen LogP contribution is 2.24. The van der Waals surface area contributed by atoms with E-state index in [1.807, 2.05) is 83.0 Å². The smallest absolute Gasteiger partial charge is 0.407 e. The Balaban J connectivity index is 1.80. The van der Waals surface area contributed by atoms with Crippen LogP contribution in [-0.4, -0.2) is 60.7 Å². The second kappa shape index (κ2) is 9.40. The summed E-state index contributed by atoms with van der Waals surface area (Å²) in [5, 5.41) is 12.9. The molecule has 3 aromatic rings. The van der Waals surface area contributed by atoms with Crippen molar-refractivity contribution in [3.8, 4) is 11.4 Å². The average Bonchev–Trinajstić information content (AvgIpc) is 2.77. The van der Waals surface area contributed by atoms with Crippen molar-refractivity contribution in [2.24, 2.45) is 0 Å². The first-order valence-corrected chi connectivity index (χ1v) is 10.7. The van der Waals surface area contributed by atoms with Crippen LogP contribution < -0.4 is 10.2 Å². The van der Waals surface area contributed by atoms with Crippen LogP contribution in [0.25, 0.3) is 11.4 Å². The van der Waals surface area contributed by atoms with Crippen molar-refractivity contribution in [1.29, 1.82) is 0 Å². The molecule has 2 aromatic heterocycles. The van der Waals surface area contributed by atoms with Crippen molar-refractivity contribution in [1.82, 2.24) is 24.8 Å². The summed E-state index contributed by atoms with van der Waals surface area (Å²) in [6.45, 7) is 9.72. The summed E-state index contributed by atoms with van der Waals surface area (Å²) < 4.78 is 0. The second-order valence-electron chi connectivity index (χ2n) is 9.45. The number of hydrogen-bond acceptors (Lipinski definition) is 7. The SMILES string of the molecule is CN(c1ccnc(NC(C)(C)CN(C(=O)O)C(C)(C)C)n1)c1ccnc(-c2ccccc2)n1. The third kappa shape index (κ3) is 6.15. The van der Waals surface area contributed by atoms with E-state index in [1.54, 1.807) is 18.5 Å². The molecule has 2 N–H and O–H groups in total. The molecule has 2 heterocycles. The summed E-state index contributed by atoms with van der Waals surface area (Å²) in [6.07, 6.45) is 2.41. The lowest BCUT2D eigenvalue weighted by Gasteiger charge is -2.39. The molecule has 0 unspecified atom stereocenters. The highest BCUT2D eigenvalue weighted by atomic mass is 16.4. The van der Waals surface area contributed by atoms with Gasteiger partial charge in [-0.15, -0.1) is 0 Å². The largest absolute Gasteiger partial charge is 0.465 e. The molecule has 0 fully saturated rings. The molecule has 33 heavy (non-hydrogen) atoms. The van der Waals surface area contributed by atoms with Crippen LogP contribution in [-0.2, 0) is 0 Å². The van der Waals surface area contributed by atoms with Crippen LogP contribution in [0.2, 0.25) is 0 Å². The Kier molecular flexibility index (Phi) is 6.81. The first-order valence-electron chi connectivity index (χ1n) is 10.7. The fraction of sp³-hybridized carbons (Fsp3) is 0.375. The number of nitrogens with zero attached hydrogens (tertiary/aromatic N) is 6. The molecule has 0 aliphatic heterocycles. The molecule has 0 atom stereocenters. The normalized spacial score (nSPS) is 11.7. The molecule has 0 spiro atoms. The molecule has 0 aliphatic rings. The van der Waals surface area contributed by atoms with Crippen LogP contribution >= 0.6 is 0 Å². The highest BCUT2D eigenvalue weighted by Gasteiger charge is 2.32. The minimum Gasteiger partial charge on any atom is -0.465 e. The van der Waals surface area contributed by atoms with E-state index in [1.165, 1.54) is 4.90 Å². The topological polar surface area (TPSA) is 107 Å². The van der Waals surface area contributed by atoms with E-state index in [0.717, 1.165) is 5.56 Å². The molecule has 174 valence electrons. The molecular weight excluding hydrogens is 418 g/mol. The lowest BCUT2D eigenvalue weighted by atomic mass is 10.00. The first kappa shape index (κ1) is 23.9. The van der Waals surface area contributed by atoms with Crippen LogP contribution in [0.3, 0.4) is 0 Å². The Morgan fingerprint density at radius 1 is 0.939 bits per heavy atom. The minimum absolute atomic E-state index is 0.265. The van der Waals surface area contributed by atoms with Crippen LogP contribution in [0, 0.1) is 0 Å². The lowest BCUT2D eigenvalue weighted by Crippen LogP contribution is -2.53. The maximum atomic E-state index is 11.8. The standard InChI is InChI=1S/C24H31N7O2/c1-23(2,3)31(22(32)33)16-24(4,5)29-21-26-15-13-19(28-21)30(6)18-12-14-25-20(27-18)17-10-8-7-9-11-17/h7-15H,16H2,1-6H3,(H,32,33)(H,26,28,29). The Morgan fingerprint density at radius 3 is 2.15 bits per heavy atom. The fourth-order valence-electron chi connectivity index (χ4n) is 3.31. The molecule has 0 aliphatic carbocycles. The number of anilines is 3. The number of rotatable bonds is 7. The van der Waals surface area contributed by atoms with Crippen molar-refractivity contribution < 1.29 is 9.90 Å². The van der Waals surface area contributed by atoms with Crippen molar-refractivity contribution in [3.63, 3.8) is 0 Å². The van der Waals surface area contributed by atoms with Crippen LogP contribution in [0.4, 0.5) is 22.4 Å². The van der Waals surface area contributed by atoms with E-state index in [0.29, 0.717) is 23.4 Å². The molecule has 1 aromatic carbocycles. The fourth-order valence-corrected chi connectivity index (χ4v) is 3.31. The Labute approximate surface area is 194 Å². The predicted octanol–water partition coefficient (Wildman–Crippen LogP) is 4.67. The van der Waals surface area contributed by atoms with Crippen molar-refractivity contribution in [2.45, 2.75) is 45.7 Å². The van der Waals surface area contributed by atoms with Gasteiger partial charge in [0.2, 0.25) is 5.95 Å². The van der Waals surface area contributed by atoms with Crippen LogP contribution in [0.5, 0.6) is 0 Å². The van der Waals surface area contributed by atoms with E-state index in [4.69, 9.17) is 0 Å². The van der Waals surface area contributed by atoms with Gasteiger partial charge < -0.3 is 20.2 Å². The van der Waals surface area contributed by atoms with E-state index in [-0.39, 0.29) is 6.54 Å². The van der Waals surface area contributed by atoms with Crippen LogP contribution in [0.1, 0.15) is 34.6 Å². The van der Waals surface area contributed by atoms with Gasteiger partial charge in [-0.2, -0.15) is 4.98 Å². The molecule has 1 amide bonds. The van der Waals surface area contributed by atoms with Crippen LogP contribution in [0.15, 0.2) is 54.9 Å². The maximum absolute atomic E-state index is 11.8. The first-order chi connectivity index (χ1) is 15.5. The summed E-state index contributed by atoms with van der Waals surface area (Å²) in [5.41, 5.74) is -0.198. The molecule has 9 heteroatoms. The van der Waals surface area contributed by atoms with Gasteiger partial charge in [0, 0.05) is 37.1 Å². The zero-order valence-electron chi connectivity index (χ0n) is 19.9. The maximum Gasteiger partial charge on any atom is 0.407 e. The summed E-state index contributed by atoms with van der Waals surface area (Å²) in [7, 11) is 1.88. The van der Waals surface area contributed by atoms with Gasteiger partial charge in [-0.1, -0.05) is 30.3 Å². The zero-order chi connectivity index (χ0) is 24.2. The monoisotopic (exact) mass is 449 g/mol. The Bertz CT molecular complexity index is 1100. The predicted molar refractivity (Wildman–Crippen MR) is 130 cm³/mol. The second-order valence-corrected chi connectivity index (χ2v) is 9.45. The van der Waals surface area contributed by atoms with Gasteiger partial charge in [-0.25, -0.2) is 19.7 Å². The van der Waals surface area contributed by atoms with Gasteiger partial charge >= 0.3 is 6.09 Å². The average molecular weight is 450 g/mol. The number of hydrogen-bond donors (Lipinski definition) is 2. The van der Waals surface area contributed by atoms with E-state index >= 15 is 0 Å². The number of aromatic nitrogens is 4. The quantitative estimate of drug-likeness (QED) is 0.536. The molecule has 0 saturated heterocycles. The van der Waals surface area contributed by atoms with E-state index in [9.17, 15) is 9.90 Å². The molecule has 3 rings (SSSR count). The summed E-state index contributed by atoms with van der Waals surface area (Å²) in [4.78, 5) is 33.0. The molecule has 0 radical (unpaired) electrons. The third-order valence-electron chi connectivity index (χ3n) is 5.05. The van der Waals surface area contributed by atoms with Gasteiger partial charge in [0.25, 0.3) is 0 Å². The molecule has 0 saturated carbocycles. The summed E-state index contributed by atoms with van der Waals surface area (Å²) in [5.74, 6) is 2.37. The number of nitrogens with one attached hydrogen (secondary N) is 1. The number of carbonyl (C=O) groups is 1. The number of carboxylic acid groups (broad SMARTS) is 1. The lowest BCUT2D eigenvalue weighted by molar-refractivity contribution is 0.0900. The summed E-state index contributed by atoms with van der Waals surface area (Å²) in [6, 6.07) is 13.4. The number of benzene rings is 1. The van der Waals surface area contributed by atoms with Gasteiger partial charge in [-0.05, 0) is 46.8 Å².